The molecule has 0 aromatic rings. The van der Waals surface area contributed by atoms with Gasteiger partial charge in [-0.2, -0.15) is 0 Å². The predicted octanol–water partition coefficient (Wildman–Crippen LogP) is 1.48. The summed E-state index contributed by atoms with van der Waals surface area (Å²) in [5, 5.41) is 12.2. The van der Waals surface area contributed by atoms with E-state index in [1.54, 1.807) is 0 Å². The molecule has 2 N–H and O–H groups in total. The van der Waals surface area contributed by atoms with E-state index in [0.717, 1.165) is 18.8 Å². The van der Waals surface area contributed by atoms with Crippen LogP contribution < -0.4 is 5.32 Å². The van der Waals surface area contributed by atoms with Crippen LogP contribution in [-0.4, -0.2) is 47.1 Å². The van der Waals surface area contributed by atoms with Crippen LogP contribution in [0.25, 0.3) is 0 Å². The molecule has 0 radical (unpaired) electrons. The second kappa shape index (κ2) is 6.57. The van der Waals surface area contributed by atoms with E-state index >= 15 is 0 Å². The number of nitrogens with one attached hydrogen (secondary N) is 1. The molecule has 0 bridgehead atoms. The highest BCUT2D eigenvalue weighted by Crippen LogP contribution is 2.25. The summed E-state index contributed by atoms with van der Waals surface area (Å²) in [4.78, 5) is 25.1. The first-order valence-corrected chi connectivity index (χ1v) is 7.73. The number of hydrogen-bond donors (Lipinski definition) is 2. The summed E-state index contributed by atoms with van der Waals surface area (Å²) in [7, 11) is 0. The standard InChI is InChI=1S/C15H26N2O3/c1-10-3-5-12(6-4-10)16-14(18)9-17-8-7-13(11(17)2)15(19)20/h10-13H,3-9H2,1-2H3,(H,16,18)(H,19,20). The fourth-order valence-electron chi connectivity index (χ4n) is 3.42. The summed E-state index contributed by atoms with van der Waals surface area (Å²) in [5.41, 5.74) is 0. The van der Waals surface area contributed by atoms with Gasteiger partial charge in [0, 0.05) is 12.1 Å². The van der Waals surface area contributed by atoms with Crippen LogP contribution in [0, 0.1) is 11.8 Å². The molecular formula is C15H26N2O3. The van der Waals surface area contributed by atoms with Crippen molar-refractivity contribution >= 4 is 11.9 Å². The van der Waals surface area contributed by atoms with Crippen LogP contribution >= 0.6 is 0 Å². The molecule has 0 spiro atoms. The van der Waals surface area contributed by atoms with E-state index in [4.69, 9.17) is 5.11 Å². The number of carbonyl (C=O) groups is 2. The normalized spacial score (nSPS) is 34.9. The van der Waals surface area contributed by atoms with Crippen molar-refractivity contribution in [1.29, 1.82) is 0 Å². The van der Waals surface area contributed by atoms with Crippen molar-refractivity contribution in [3.63, 3.8) is 0 Å². The first-order chi connectivity index (χ1) is 9.47. The zero-order chi connectivity index (χ0) is 14.7. The molecule has 1 saturated carbocycles. The van der Waals surface area contributed by atoms with Crippen molar-refractivity contribution < 1.29 is 14.7 Å². The van der Waals surface area contributed by atoms with Crippen LogP contribution in [0.2, 0.25) is 0 Å². The van der Waals surface area contributed by atoms with E-state index in [1.807, 2.05) is 11.8 Å². The average Bonchev–Trinajstić information content (AvgIpc) is 2.74. The van der Waals surface area contributed by atoms with Crippen LogP contribution in [0.15, 0.2) is 0 Å². The van der Waals surface area contributed by atoms with E-state index in [2.05, 4.69) is 12.2 Å². The molecule has 20 heavy (non-hydrogen) atoms. The van der Waals surface area contributed by atoms with Crippen LogP contribution in [0.4, 0.5) is 0 Å². The van der Waals surface area contributed by atoms with Crippen LogP contribution in [-0.2, 0) is 9.59 Å². The van der Waals surface area contributed by atoms with Crippen molar-refractivity contribution in [3.8, 4) is 0 Å². The molecule has 1 aliphatic heterocycles. The Morgan fingerprint density at radius 2 is 1.80 bits per heavy atom. The minimum atomic E-state index is -0.748. The molecule has 1 amide bonds. The Balaban J connectivity index is 1.76. The largest absolute Gasteiger partial charge is 0.481 e. The molecule has 2 atom stereocenters. The summed E-state index contributed by atoms with van der Waals surface area (Å²) in [5.74, 6) is -0.263. The maximum atomic E-state index is 12.1. The van der Waals surface area contributed by atoms with E-state index in [-0.39, 0.29) is 17.9 Å². The third-order valence-corrected chi connectivity index (χ3v) is 4.93. The Labute approximate surface area is 120 Å². The summed E-state index contributed by atoms with van der Waals surface area (Å²) in [6.45, 7) is 5.20. The Hall–Kier alpha value is -1.10. The third kappa shape index (κ3) is 3.72. The van der Waals surface area contributed by atoms with E-state index in [9.17, 15) is 9.59 Å². The van der Waals surface area contributed by atoms with Crippen molar-refractivity contribution in [3.05, 3.63) is 0 Å². The number of nitrogens with zero attached hydrogens (tertiary/aromatic N) is 1. The fourth-order valence-corrected chi connectivity index (χ4v) is 3.42. The lowest BCUT2D eigenvalue weighted by Crippen LogP contribution is -2.45. The Kier molecular flexibility index (Phi) is 5.02. The topological polar surface area (TPSA) is 69.6 Å². The average molecular weight is 282 g/mol. The minimum absolute atomic E-state index is 0.0439. The van der Waals surface area contributed by atoms with Gasteiger partial charge in [0.2, 0.25) is 5.91 Å². The summed E-state index contributed by atoms with van der Waals surface area (Å²) < 4.78 is 0. The molecule has 5 heteroatoms. The number of hydrogen-bond acceptors (Lipinski definition) is 3. The molecule has 1 aliphatic carbocycles. The number of carboxylic acids is 1. The zero-order valence-corrected chi connectivity index (χ0v) is 12.5. The quantitative estimate of drug-likeness (QED) is 0.819. The van der Waals surface area contributed by atoms with Gasteiger partial charge in [-0.25, -0.2) is 0 Å². The van der Waals surface area contributed by atoms with Gasteiger partial charge in [0.25, 0.3) is 0 Å². The molecule has 114 valence electrons. The molecule has 2 rings (SSSR count). The van der Waals surface area contributed by atoms with Crippen LogP contribution in [0.5, 0.6) is 0 Å². The van der Waals surface area contributed by atoms with E-state index in [1.165, 1.54) is 12.8 Å². The molecular weight excluding hydrogens is 256 g/mol. The van der Waals surface area contributed by atoms with Gasteiger partial charge >= 0.3 is 5.97 Å². The van der Waals surface area contributed by atoms with E-state index < -0.39 is 5.97 Å². The number of likely N-dealkylation sites (tertiary alicyclic amines) is 1. The highest BCUT2D eigenvalue weighted by atomic mass is 16.4. The van der Waals surface area contributed by atoms with Crippen LogP contribution in [0.1, 0.15) is 46.0 Å². The molecule has 2 unspecified atom stereocenters. The van der Waals surface area contributed by atoms with Crippen LogP contribution in [0.3, 0.4) is 0 Å². The Bertz CT molecular complexity index is 364. The van der Waals surface area contributed by atoms with Gasteiger partial charge in [-0.3, -0.25) is 14.5 Å². The fraction of sp³-hybridized carbons (Fsp3) is 0.867. The van der Waals surface area contributed by atoms with Gasteiger partial charge in [-0.05, 0) is 51.5 Å². The molecule has 0 aromatic heterocycles. The molecule has 1 heterocycles. The number of carboxylic acid groups (broad SMARTS) is 1. The Morgan fingerprint density at radius 3 is 2.35 bits per heavy atom. The first kappa shape index (κ1) is 15.3. The van der Waals surface area contributed by atoms with Gasteiger partial charge < -0.3 is 10.4 Å². The van der Waals surface area contributed by atoms with Crippen molar-refractivity contribution in [2.75, 3.05) is 13.1 Å². The number of aliphatic carboxylic acids is 1. The summed E-state index contributed by atoms with van der Waals surface area (Å²) in [6.07, 6.45) is 5.16. The maximum absolute atomic E-state index is 12.1. The van der Waals surface area contributed by atoms with E-state index in [0.29, 0.717) is 25.6 Å². The second-order valence-corrected chi connectivity index (χ2v) is 6.47. The summed E-state index contributed by atoms with van der Waals surface area (Å²) in [6, 6.07) is 0.261. The van der Waals surface area contributed by atoms with Gasteiger partial charge in [0.1, 0.15) is 0 Å². The lowest BCUT2D eigenvalue weighted by Gasteiger charge is -2.28. The Morgan fingerprint density at radius 1 is 1.15 bits per heavy atom. The number of amides is 1. The third-order valence-electron chi connectivity index (χ3n) is 4.93. The minimum Gasteiger partial charge on any atom is -0.481 e. The molecule has 0 aromatic carbocycles. The van der Waals surface area contributed by atoms with Gasteiger partial charge in [0.05, 0.1) is 12.5 Å². The summed E-state index contributed by atoms with van der Waals surface area (Å²) >= 11 is 0. The van der Waals surface area contributed by atoms with Gasteiger partial charge in [-0.1, -0.05) is 6.92 Å². The predicted molar refractivity (Wildman–Crippen MR) is 76.3 cm³/mol. The van der Waals surface area contributed by atoms with Crippen molar-refractivity contribution in [2.45, 2.75) is 58.0 Å². The zero-order valence-electron chi connectivity index (χ0n) is 12.5. The highest BCUT2D eigenvalue weighted by molar-refractivity contribution is 5.79. The molecule has 1 saturated heterocycles. The molecule has 5 nitrogen and oxygen atoms in total. The van der Waals surface area contributed by atoms with Crippen molar-refractivity contribution in [1.82, 2.24) is 10.2 Å². The number of carbonyl (C=O) groups excluding carboxylic acids is 1. The molecule has 2 aliphatic rings. The SMILES string of the molecule is CC1CCC(NC(=O)CN2CCC(C(=O)O)C2C)CC1. The molecule has 2 fully saturated rings. The number of rotatable bonds is 4. The monoisotopic (exact) mass is 282 g/mol. The smallest absolute Gasteiger partial charge is 0.308 e. The lowest BCUT2D eigenvalue weighted by molar-refractivity contribution is -0.142. The van der Waals surface area contributed by atoms with Gasteiger partial charge in [-0.15, -0.1) is 0 Å². The lowest BCUT2D eigenvalue weighted by atomic mass is 9.87. The first-order valence-electron chi connectivity index (χ1n) is 7.73. The van der Waals surface area contributed by atoms with Crippen molar-refractivity contribution in [2.24, 2.45) is 11.8 Å². The highest BCUT2D eigenvalue weighted by Gasteiger charge is 2.36. The van der Waals surface area contributed by atoms with Gasteiger partial charge in [0.15, 0.2) is 0 Å². The second-order valence-electron chi connectivity index (χ2n) is 6.47. The maximum Gasteiger partial charge on any atom is 0.308 e.